The fourth-order valence-electron chi connectivity index (χ4n) is 2.97. The zero-order chi connectivity index (χ0) is 19.6. The van der Waals surface area contributed by atoms with Crippen LogP contribution in [0.3, 0.4) is 0 Å². The highest BCUT2D eigenvalue weighted by atomic mass is 127. The Labute approximate surface area is 194 Å². The average molecular weight is 534 g/mol. The van der Waals surface area contributed by atoms with Gasteiger partial charge in [0.25, 0.3) is 0 Å². The molecule has 1 aromatic heterocycles. The second-order valence-corrected chi connectivity index (χ2v) is 7.31. The normalized spacial score (nSPS) is 16.3. The number of guanidine groups is 1. The van der Waals surface area contributed by atoms with Gasteiger partial charge in [0, 0.05) is 44.1 Å². The molecule has 0 radical (unpaired) electrons. The first-order chi connectivity index (χ1) is 13.7. The molecular formula is C21H29ClIN3O3. The molecule has 1 aliphatic heterocycles. The molecule has 0 aliphatic carbocycles. The van der Waals surface area contributed by atoms with Crippen molar-refractivity contribution in [1.29, 1.82) is 0 Å². The number of nitrogens with one attached hydrogen (secondary N) is 1. The van der Waals surface area contributed by atoms with Crippen LogP contribution in [0.15, 0.2) is 52.1 Å². The maximum absolute atomic E-state index is 6.00. The third-order valence-electron chi connectivity index (χ3n) is 4.61. The third-order valence-corrected chi connectivity index (χ3v) is 4.85. The van der Waals surface area contributed by atoms with E-state index >= 15 is 0 Å². The van der Waals surface area contributed by atoms with Crippen LogP contribution in [0.1, 0.15) is 12.2 Å². The number of furan rings is 1. The Morgan fingerprint density at radius 3 is 2.97 bits per heavy atom. The minimum absolute atomic E-state index is 0. The topological polar surface area (TPSA) is 59.2 Å². The summed E-state index contributed by atoms with van der Waals surface area (Å²) in [4.78, 5) is 6.89. The number of hydrogen-bond acceptors (Lipinski definition) is 4. The summed E-state index contributed by atoms with van der Waals surface area (Å²) in [6.07, 6.45) is 3.58. The molecule has 1 saturated heterocycles. The van der Waals surface area contributed by atoms with E-state index in [-0.39, 0.29) is 24.0 Å². The van der Waals surface area contributed by atoms with Crippen LogP contribution in [-0.4, -0.2) is 57.4 Å². The highest BCUT2D eigenvalue weighted by molar-refractivity contribution is 14.0. The molecular weight excluding hydrogens is 505 g/mol. The summed E-state index contributed by atoms with van der Waals surface area (Å²) in [7, 11) is 2.02. The maximum atomic E-state index is 6.00. The summed E-state index contributed by atoms with van der Waals surface area (Å²) < 4.78 is 16.7. The molecule has 1 atom stereocenters. The maximum Gasteiger partial charge on any atom is 0.193 e. The number of rotatable bonds is 9. The average Bonchev–Trinajstić information content (AvgIpc) is 3.38. The van der Waals surface area contributed by atoms with Gasteiger partial charge in [-0.1, -0.05) is 17.7 Å². The van der Waals surface area contributed by atoms with E-state index in [1.54, 1.807) is 6.26 Å². The van der Waals surface area contributed by atoms with Gasteiger partial charge < -0.3 is 24.1 Å². The van der Waals surface area contributed by atoms with E-state index in [0.29, 0.717) is 24.1 Å². The molecule has 0 spiro atoms. The van der Waals surface area contributed by atoms with E-state index in [4.69, 9.17) is 30.5 Å². The van der Waals surface area contributed by atoms with Crippen LogP contribution in [0, 0.1) is 5.92 Å². The van der Waals surface area contributed by atoms with E-state index in [1.165, 1.54) is 0 Å². The minimum atomic E-state index is 0. The van der Waals surface area contributed by atoms with Crippen molar-refractivity contribution < 1.29 is 13.9 Å². The lowest BCUT2D eigenvalue weighted by Gasteiger charge is -2.23. The van der Waals surface area contributed by atoms with Crippen LogP contribution in [0.5, 0.6) is 5.75 Å². The molecule has 0 saturated carbocycles. The van der Waals surface area contributed by atoms with Crippen molar-refractivity contribution in [3.05, 3.63) is 53.4 Å². The van der Waals surface area contributed by atoms with E-state index in [1.807, 2.05) is 43.4 Å². The predicted molar refractivity (Wildman–Crippen MR) is 127 cm³/mol. The molecule has 29 heavy (non-hydrogen) atoms. The lowest BCUT2D eigenvalue weighted by Crippen LogP contribution is -2.42. The van der Waals surface area contributed by atoms with Gasteiger partial charge in [-0.05, 0) is 36.8 Å². The third kappa shape index (κ3) is 8.44. The molecule has 1 unspecified atom stereocenters. The first-order valence-electron chi connectivity index (χ1n) is 9.68. The molecule has 1 aromatic carbocycles. The van der Waals surface area contributed by atoms with Crippen molar-refractivity contribution in [1.82, 2.24) is 10.2 Å². The monoisotopic (exact) mass is 533 g/mol. The Morgan fingerprint density at radius 2 is 2.24 bits per heavy atom. The van der Waals surface area contributed by atoms with Crippen molar-refractivity contribution in [3.8, 4) is 5.75 Å². The van der Waals surface area contributed by atoms with Gasteiger partial charge in [-0.2, -0.15) is 0 Å². The minimum Gasteiger partial charge on any atom is -0.492 e. The number of likely N-dealkylation sites (N-methyl/N-ethyl adjacent to an activating group) is 1. The first-order valence-corrected chi connectivity index (χ1v) is 10.1. The van der Waals surface area contributed by atoms with Gasteiger partial charge in [0.15, 0.2) is 5.96 Å². The summed E-state index contributed by atoms with van der Waals surface area (Å²) in [6, 6.07) is 11.3. The lowest BCUT2D eigenvalue weighted by molar-refractivity contribution is 0.187. The van der Waals surface area contributed by atoms with Gasteiger partial charge in [-0.25, -0.2) is 0 Å². The molecule has 160 valence electrons. The molecule has 0 bridgehead atoms. The van der Waals surface area contributed by atoms with Crippen molar-refractivity contribution >= 4 is 41.5 Å². The second kappa shape index (κ2) is 13.0. The molecule has 1 fully saturated rings. The zero-order valence-electron chi connectivity index (χ0n) is 16.7. The van der Waals surface area contributed by atoms with E-state index < -0.39 is 0 Å². The second-order valence-electron chi connectivity index (χ2n) is 6.88. The van der Waals surface area contributed by atoms with E-state index in [2.05, 4.69) is 10.2 Å². The number of halogens is 2. The van der Waals surface area contributed by atoms with Crippen LogP contribution in [0.25, 0.3) is 0 Å². The van der Waals surface area contributed by atoms with E-state index in [0.717, 1.165) is 56.6 Å². The summed E-state index contributed by atoms with van der Waals surface area (Å²) in [5, 5.41) is 4.11. The van der Waals surface area contributed by atoms with Crippen molar-refractivity contribution in [2.75, 3.05) is 46.5 Å². The van der Waals surface area contributed by atoms with Gasteiger partial charge in [0.05, 0.1) is 19.4 Å². The Kier molecular flexibility index (Phi) is 10.7. The fourth-order valence-corrected chi connectivity index (χ4v) is 3.15. The smallest absolute Gasteiger partial charge is 0.193 e. The Hall–Kier alpha value is -1.45. The number of benzene rings is 1. The molecule has 6 nitrogen and oxygen atoms in total. The highest BCUT2D eigenvalue weighted by Crippen LogP contribution is 2.17. The van der Waals surface area contributed by atoms with Crippen molar-refractivity contribution in [2.45, 2.75) is 12.8 Å². The summed E-state index contributed by atoms with van der Waals surface area (Å²) >= 11 is 6.00. The van der Waals surface area contributed by atoms with Gasteiger partial charge in [0.2, 0.25) is 0 Å². The van der Waals surface area contributed by atoms with Crippen molar-refractivity contribution in [3.63, 3.8) is 0 Å². The van der Waals surface area contributed by atoms with Crippen LogP contribution in [0.2, 0.25) is 5.02 Å². The molecule has 2 aromatic rings. The molecule has 1 N–H and O–H groups in total. The largest absolute Gasteiger partial charge is 0.492 e. The molecule has 0 amide bonds. The summed E-state index contributed by atoms with van der Waals surface area (Å²) in [6.45, 7) is 4.41. The van der Waals surface area contributed by atoms with E-state index in [9.17, 15) is 0 Å². The predicted octanol–water partition coefficient (Wildman–Crippen LogP) is 4.09. The van der Waals surface area contributed by atoms with Gasteiger partial charge in [-0.3, -0.25) is 4.99 Å². The molecule has 2 heterocycles. The molecule has 8 heteroatoms. The van der Waals surface area contributed by atoms with Crippen LogP contribution in [-0.2, 0) is 11.2 Å². The van der Waals surface area contributed by atoms with Crippen LogP contribution < -0.4 is 10.1 Å². The summed E-state index contributed by atoms with van der Waals surface area (Å²) in [5.74, 6) is 3.10. The van der Waals surface area contributed by atoms with Crippen LogP contribution in [0.4, 0.5) is 0 Å². The first kappa shape index (κ1) is 23.8. The quantitative estimate of drug-likeness (QED) is 0.299. The van der Waals surface area contributed by atoms with Gasteiger partial charge >= 0.3 is 0 Å². The number of aliphatic imine (C=N–C) groups is 1. The lowest BCUT2D eigenvalue weighted by atomic mass is 10.1. The fraction of sp³-hybridized carbons (Fsp3) is 0.476. The Bertz CT molecular complexity index is 737. The Balaban J connectivity index is 0.00000300. The standard InChI is InChI=1S/C21H28ClN3O3.HI/c1-25(10-13-28-20-5-2-4-18(22)14-20)21(24-15-17-8-12-26-16-17)23-9-7-19-6-3-11-27-19;/h2-6,11,14,17H,7-10,12-13,15-16H2,1H3,(H,23,24);1H. The molecule has 1 aliphatic rings. The number of hydrogen-bond donors (Lipinski definition) is 1. The number of ether oxygens (including phenoxy) is 2. The number of nitrogens with zero attached hydrogens (tertiary/aromatic N) is 2. The zero-order valence-corrected chi connectivity index (χ0v) is 19.8. The Morgan fingerprint density at radius 1 is 1.34 bits per heavy atom. The van der Waals surface area contributed by atoms with Crippen molar-refractivity contribution in [2.24, 2.45) is 10.9 Å². The van der Waals surface area contributed by atoms with Crippen LogP contribution >= 0.6 is 35.6 Å². The SMILES string of the molecule is CN(CCOc1cccc(Cl)c1)C(=NCC1CCOC1)NCCc1ccco1.I. The molecule has 3 rings (SSSR count). The summed E-state index contributed by atoms with van der Waals surface area (Å²) in [5.41, 5.74) is 0. The van der Waals surface area contributed by atoms with Gasteiger partial charge in [-0.15, -0.1) is 24.0 Å². The van der Waals surface area contributed by atoms with Gasteiger partial charge in [0.1, 0.15) is 18.1 Å². The highest BCUT2D eigenvalue weighted by Gasteiger charge is 2.16.